The van der Waals surface area contributed by atoms with E-state index in [1.165, 1.54) is 5.56 Å². The molecule has 0 saturated heterocycles. The molecule has 1 aromatic heterocycles. The smallest absolute Gasteiger partial charge is 0.204 e. The van der Waals surface area contributed by atoms with Gasteiger partial charge in [-0.1, -0.05) is 84.1 Å². The van der Waals surface area contributed by atoms with Crippen LogP contribution in [0.15, 0.2) is 96.1 Å². The van der Waals surface area contributed by atoms with E-state index in [1.54, 1.807) is 11.3 Å². The summed E-state index contributed by atoms with van der Waals surface area (Å²) in [6.45, 7) is 2.10. The molecule has 0 bridgehead atoms. The van der Waals surface area contributed by atoms with Gasteiger partial charge in [0, 0.05) is 5.56 Å². The summed E-state index contributed by atoms with van der Waals surface area (Å²) in [6, 6.07) is 28.6. The van der Waals surface area contributed by atoms with Gasteiger partial charge in [0.1, 0.15) is 0 Å². The highest BCUT2D eigenvalue weighted by atomic mass is 32.1. The monoisotopic (exact) mass is 369 g/mol. The van der Waals surface area contributed by atoms with Gasteiger partial charge < -0.3 is 0 Å². The second-order valence-electron chi connectivity index (χ2n) is 6.15. The lowest BCUT2D eigenvalue weighted by atomic mass is 10.0. The van der Waals surface area contributed by atoms with Gasteiger partial charge in [0.05, 0.1) is 15.9 Å². The van der Waals surface area contributed by atoms with Crippen LogP contribution in [0.3, 0.4) is 0 Å². The topological polar surface area (TPSA) is 37.3 Å². The lowest BCUT2D eigenvalue weighted by Crippen LogP contribution is -2.02. The Morgan fingerprint density at radius 2 is 1.48 bits per heavy atom. The molecule has 0 atom stereocenters. The Morgan fingerprint density at radius 3 is 2.19 bits per heavy atom. The Hall–Kier alpha value is -3.24. The number of nitrogens with zero attached hydrogens (tertiary/aromatic N) is 2. The third kappa shape index (κ3) is 4.13. The first kappa shape index (κ1) is 17.2. The highest BCUT2D eigenvalue weighted by Gasteiger charge is 2.05. The molecular weight excluding hydrogens is 350 g/mol. The fourth-order valence-corrected chi connectivity index (χ4v) is 3.62. The molecule has 4 rings (SSSR count). The lowest BCUT2D eigenvalue weighted by Gasteiger charge is -2.06. The van der Waals surface area contributed by atoms with Crippen molar-refractivity contribution in [3.63, 3.8) is 0 Å². The van der Waals surface area contributed by atoms with Gasteiger partial charge >= 0.3 is 0 Å². The zero-order valence-corrected chi connectivity index (χ0v) is 15.8. The van der Waals surface area contributed by atoms with E-state index in [1.807, 2.05) is 54.6 Å². The van der Waals surface area contributed by atoms with Crippen LogP contribution in [0, 0.1) is 0 Å². The maximum atomic E-state index is 4.66. The van der Waals surface area contributed by atoms with E-state index in [0.717, 1.165) is 32.2 Å². The standard InChI is InChI=1S/C23H19N3S/c1-17(18-10-4-2-5-11-18)16-21(19-12-6-3-7-13-19)25-26-23-24-20-14-8-9-15-22(20)27-23/h2-16H,1H3,(H,24,26)/b17-16?,25-21+. The molecule has 0 radical (unpaired) electrons. The van der Waals surface area contributed by atoms with Gasteiger partial charge in [-0.15, -0.1) is 0 Å². The Morgan fingerprint density at radius 1 is 0.852 bits per heavy atom. The molecule has 3 nitrogen and oxygen atoms in total. The van der Waals surface area contributed by atoms with Crippen LogP contribution in [0.2, 0.25) is 0 Å². The number of hydrazone groups is 1. The van der Waals surface area contributed by atoms with Crippen molar-refractivity contribution in [2.45, 2.75) is 6.92 Å². The van der Waals surface area contributed by atoms with Crippen molar-refractivity contribution in [3.05, 3.63) is 102 Å². The van der Waals surface area contributed by atoms with Crippen molar-refractivity contribution >= 4 is 38.0 Å². The molecule has 4 heteroatoms. The molecule has 0 aliphatic heterocycles. The first-order valence-electron chi connectivity index (χ1n) is 8.78. The lowest BCUT2D eigenvalue weighted by molar-refractivity contribution is 1.30. The maximum absolute atomic E-state index is 4.66. The number of anilines is 1. The van der Waals surface area contributed by atoms with Gasteiger partial charge in [0.2, 0.25) is 5.13 Å². The van der Waals surface area contributed by atoms with Crippen molar-refractivity contribution in [2.24, 2.45) is 5.10 Å². The van der Waals surface area contributed by atoms with E-state index < -0.39 is 0 Å². The molecule has 0 unspecified atom stereocenters. The van der Waals surface area contributed by atoms with E-state index in [-0.39, 0.29) is 0 Å². The van der Waals surface area contributed by atoms with Crippen molar-refractivity contribution in [2.75, 3.05) is 5.43 Å². The Kier molecular flexibility index (Phi) is 5.08. The number of hydrogen-bond donors (Lipinski definition) is 1. The van der Waals surface area contributed by atoms with Crippen molar-refractivity contribution in [1.82, 2.24) is 4.98 Å². The summed E-state index contributed by atoms with van der Waals surface area (Å²) in [5.41, 5.74) is 8.39. The van der Waals surface area contributed by atoms with E-state index in [9.17, 15) is 0 Å². The molecular formula is C23H19N3S. The van der Waals surface area contributed by atoms with Crippen LogP contribution < -0.4 is 5.43 Å². The highest BCUT2D eigenvalue weighted by molar-refractivity contribution is 7.22. The molecule has 0 spiro atoms. The summed E-state index contributed by atoms with van der Waals surface area (Å²) in [5.74, 6) is 0. The van der Waals surface area contributed by atoms with Gasteiger partial charge in [-0.3, -0.25) is 5.43 Å². The first-order valence-corrected chi connectivity index (χ1v) is 9.60. The quantitative estimate of drug-likeness (QED) is 0.335. The van der Waals surface area contributed by atoms with Gasteiger partial charge in [-0.05, 0) is 36.3 Å². The van der Waals surface area contributed by atoms with Crippen molar-refractivity contribution in [1.29, 1.82) is 0 Å². The fraction of sp³-hybridized carbons (Fsp3) is 0.0435. The fourth-order valence-electron chi connectivity index (χ4n) is 2.81. The Bertz CT molecular complexity index is 1060. The molecule has 1 N–H and O–H groups in total. The van der Waals surface area contributed by atoms with Crippen LogP contribution in [0.4, 0.5) is 5.13 Å². The minimum atomic E-state index is 0.787. The number of aromatic nitrogens is 1. The summed E-state index contributed by atoms with van der Waals surface area (Å²) in [7, 11) is 0. The summed E-state index contributed by atoms with van der Waals surface area (Å²) < 4.78 is 1.15. The van der Waals surface area contributed by atoms with Crippen molar-refractivity contribution < 1.29 is 0 Å². The molecule has 0 fully saturated rings. The van der Waals surface area contributed by atoms with Crippen LogP contribution in [0.1, 0.15) is 18.1 Å². The van der Waals surface area contributed by atoms with E-state index in [2.05, 4.69) is 58.8 Å². The molecule has 0 aliphatic carbocycles. The summed E-state index contributed by atoms with van der Waals surface area (Å²) in [5, 5.41) is 5.45. The van der Waals surface area contributed by atoms with Gasteiger partial charge in [-0.2, -0.15) is 5.10 Å². The van der Waals surface area contributed by atoms with Gasteiger partial charge in [-0.25, -0.2) is 4.98 Å². The van der Waals surface area contributed by atoms with Crippen LogP contribution in [0.25, 0.3) is 15.8 Å². The minimum absolute atomic E-state index is 0.787. The molecule has 3 aromatic carbocycles. The number of fused-ring (bicyclic) bond motifs is 1. The Balaban J connectivity index is 1.68. The number of benzene rings is 3. The SMILES string of the molecule is CC(=C/C(=N\Nc1nc2ccccc2s1)c1ccccc1)c1ccccc1. The largest absolute Gasteiger partial charge is 0.252 e. The van der Waals surface area contributed by atoms with Crippen LogP contribution in [-0.4, -0.2) is 10.7 Å². The van der Waals surface area contributed by atoms with Crippen LogP contribution >= 0.6 is 11.3 Å². The molecule has 27 heavy (non-hydrogen) atoms. The zero-order valence-electron chi connectivity index (χ0n) is 15.0. The average Bonchev–Trinajstić information content (AvgIpc) is 3.15. The number of para-hydroxylation sites is 1. The zero-order chi connectivity index (χ0) is 18.5. The highest BCUT2D eigenvalue weighted by Crippen LogP contribution is 2.25. The molecule has 0 saturated carbocycles. The minimum Gasteiger partial charge on any atom is -0.252 e. The number of rotatable bonds is 5. The number of thiazole rings is 1. The predicted molar refractivity (Wildman–Crippen MR) is 116 cm³/mol. The third-order valence-electron chi connectivity index (χ3n) is 4.22. The second-order valence-corrected chi connectivity index (χ2v) is 7.19. The summed E-state index contributed by atoms with van der Waals surface area (Å²) in [6.07, 6.45) is 2.10. The molecule has 4 aromatic rings. The summed E-state index contributed by atoms with van der Waals surface area (Å²) in [4.78, 5) is 4.60. The molecule has 0 amide bonds. The number of hydrogen-bond acceptors (Lipinski definition) is 4. The van der Waals surface area contributed by atoms with Crippen LogP contribution in [-0.2, 0) is 0 Å². The molecule has 0 aliphatic rings. The maximum Gasteiger partial charge on any atom is 0.204 e. The Labute approximate surface area is 162 Å². The number of nitrogens with one attached hydrogen (secondary N) is 1. The van der Waals surface area contributed by atoms with E-state index in [4.69, 9.17) is 0 Å². The van der Waals surface area contributed by atoms with Gasteiger partial charge in [0.15, 0.2) is 0 Å². The van der Waals surface area contributed by atoms with Gasteiger partial charge in [0.25, 0.3) is 0 Å². The second kappa shape index (κ2) is 7.98. The first-order chi connectivity index (χ1) is 13.3. The average molecular weight is 369 g/mol. The number of allylic oxidation sites excluding steroid dienone is 2. The van der Waals surface area contributed by atoms with E-state index >= 15 is 0 Å². The molecule has 132 valence electrons. The van der Waals surface area contributed by atoms with E-state index in [0.29, 0.717) is 0 Å². The predicted octanol–water partition coefficient (Wildman–Crippen LogP) is 6.22. The summed E-state index contributed by atoms with van der Waals surface area (Å²) >= 11 is 1.60. The van der Waals surface area contributed by atoms with Crippen molar-refractivity contribution in [3.8, 4) is 0 Å². The van der Waals surface area contributed by atoms with Crippen LogP contribution in [0.5, 0.6) is 0 Å². The third-order valence-corrected chi connectivity index (χ3v) is 5.16. The molecule has 1 heterocycles. The normalized spacial score (nSPS) is 12.3.